The largest absolute Gasteiger partial charge is 0.256 e. The van der Waals surface area contributed by atoms with E-state index in [9.17, 15) is 0 Å². The summed E-state index contributed by atoms with van der Waals surface area (Å²) in [7, 11) is 0. The Morgan fingerprint density at radius 3 is 2.25 bits per heavy atom. The van der Waals surface area contributed by atoms with E-state index in [-0.39, 0.29) is 37.7 Å². The molecule has 0 amide bonds. The van der Waals surface area contributed by atoms with Crippen LogP contribution in [0.3, 0.4) is 0 Å². The second-order valence-corrected chi connectivity index (χ2v) is 2.20. The molecule has 0 aliphatic carbocycles. The molecule has 0 unspecified atom stereocenters. The van der Waals surface area contributed by atoms with E-state index < -0.39 is 0 Å². The maximum atomic E-state index is 4.18. The minimum absolute atomic E-state index is 0. The van der Waals surface area contributed by atoms with Crippen LogP contribution in [-0.2, 0) is 0 Å². The smallest absolute Gasteiger partial charge is 0.0701 e. The van der Waals surface area contributed by atoms with Crippen molar-refractivity contribution in [3.8, 4) is 0 Å². The van der Waals surface area contributed by atoms with Crippen LogP contribution in [0.1, 0.15) is 0 Å². The number of para-hydroxylation sites is 1. The summed E-state index contributed by atoms with van der Waals surface area (Å²) in [6, 6.07) is 12.1. The van der Waals surface area contributed by atoms with Gasteiger partial charge in [0.1, 0.15) is 0 Å². The van der Waals surface area contributed by atoms with Gasteiger partial charge in [0.25, 0.3) is 0 Å². The number of nitrogens with zero attached hydrogens (tertiary/aromatic N) is 1. The normalized spacial score (nSPS) is 8.33. The zero-order chi connectivity index (χ0) is 6.81. The molecule has 0 atom stereocenters. The van der Waals surface area contributed by atoms with E-state index in [1.54, 1.807) is 0 Å². The third kappa shape index (κ3) is 2.41. The Morgan fingerprint density at radius 1 is 0.833 bits per heavy atom. The fraction of sp³-hybridized carbons (Fsp3) is 0. The van der Waals surface area contributed by atoms with Gasteiger partial charge in [0.2, 0.25) is 0 Å². The molecule has 0 saturated carbocycles. The van der Waals surface area contributed by atoms with Crippen LogP contribution < -0.4 is 0 Å². The molecule has 0 bridgehead atoms. The molecule has 0 aliphatic heterocycles. The molecule has 0 N–H and O–H groups in total. The number of rotatable bonds is 0. The van der Waals surface area contributed by atoms with Crippen molar-refractivity contribution in [2.45, 2.75) is 0 Å². The van der Waals surface area contributed by atoms with E-state index in [0.717, 1.165) is 5.52 Å². The Balaban J connectivity index is 0.000000605. The monoisotopic (exact) mass is 143 g/mol. The van der Waals surface area contributed by atoms with Crippen molar-refractivity contribution in [2.75, 3.05) is 0 Å². The van der Waals surface area contributed by atoms with Gasteiger partial charge < -0.3 is 0 Å². The van der Waals surface area contributed by atoms with E-state index in [0.29, 0.717) is 0 Å². The van der Waals surface area contributed by atoms with Crippen molar-refractivity contribution in [2.24, 2.45) is 0 Å². The zero-order valence-corrected chi connectivity index (χ0v) is 7.49. The maximum absolute atomic E-state index is 4.18. The van der Waals surface area contributed by atoms with Gasteiger partial charge in [-0.2, -0.15) is 0 Å². The van der Waals surface area contributed by atoms with Crippen molar-refractivity contribution in [1.29, 1.82) is 0 Å². The molecule has 1 heterocycles. The molecule has 0 fully saturated rings. The number of pyridine rings is 1. The molecule has 0 aliphatic rings. The summed E-state index contributed by atoms with van der Waals surface area (Å²) >= 11 is 0. The quantitative estimate of drug-likeness (QED) is 0.509. The number of hydrogen-bond acceptors (Lipinski definition) is 1. The summed E-state index contributed by atoms with van der Waals surface area (Å²) in [6.07, 6.45) is 1.81. The molecular formula is C9H7Li2N. The standard InChI is InChI=1S/C9H7N.2Li/c1-2-6-9-8(4-1)5-3-7-10-9;;/h1-7H;;. The Bertz CT molecular complexity index is 284. The minimum atomic E-state index is 0. The van der Waals surface area contributed by atoms with Crippen molar-refractivity contribution in [3.63, 3.8) is 0 Å². The molecule has 2 radical (unpaired) electrons. The molecule has 0 saturated heterocycles. The topological polar surface area (TPSA) is 12.9 Å². The molecule has 1 nitrogen and oxygen atoms in total. The van der Waals surface area contributed by atoms with Crippen molar-refractivity contribution in [1.82, 2.24) is 4.98 Å². The van der Waals surface area contributed by atoms with Gasteiger partial charge >= 0.3 is 0 Å². The predicted octanol–water partition coefficient (Wildman–Crippen LogP) is 1.47. The summed E-state index contributed by atoms with van der Waals surface area (Å²) in [6.45, 7) is 0. The molecule has 50 valence electrons. The van der Waals surface area contributed by atoms with Crippen molar-refractivity contribution in [3.05, 3.63) is 42.6 Å². The van der Waals surface area contributed by atoms with E-state index in [1.807, 2.05) is 30.5 Å². The van der Waals surface area contributed by atoms with E-state index >= 15 is 0 Å². The van der Waals surface area contributed by atoms with E-state index in [1.165, 1.54) is 5.39 Å². The summed E-state index contributed by atoms with van der Waals surface area (Å²) < 4.78 is 0. The van der Waals surface area contributed by atoms with Crippen LogP contribution in [0.2, 0.25) is 0 Å². The van der Waals surface area contributed by atoms with Gasteiger partial charge in [0.15, 0.2) is 0 Å². The molecule has 1 aromatic heterocycles. The number of benzene rings is 1. The predicted molar refractivity (Wildman–Crippen MR) is 53.3 cm³/mol. The number of hydrogen-bond donors (Lipinski definition) is 0. The fourth-order valence-electron chi connectivity index (χ4n) is 1.02. The first kappa shape index (κ1) is 11.8. The van der Waals surface area contributed by atoms with Gasteiger partial charge in [-0.05, 0) is 12.1 Å². The van der Waals surface area contributed by atoms with Gasteiger partial charge in [-0.15, -0.1) is 0 Å². The molecule has 2 rings (SSSR count). The summed E-state index contributed by atoms with van der Waals surface area (Å²) in [5.74, 6) is 0. The molecule has 12 heavy (non-hydrogen) atoms. The van der Waals surface area contributed by atoms with Crippen LogP contribution in [-0.4, -0.2) is 42.7 Å². The van der Waals surface area contributed by atoms with Gasteiger partial charge in [0.05, 0.1) is 5.52 Å². The molecule has 2 aromatic rings. The summed E-state index contributed by atoms with van der Waals surface area (Å²) in [4.78, 5) is 4.18. The minimum Gasteiger partial charge on any atom is -0.256 e. The van der Waals surface area contributed by atoms with Crippen LogP contribution >= 0.6 is 0 Å². The summed E-state index contributed by atoms with van der Waals surface area (Å²) in [5, 5.41) is 1.20. The van der Waals surface area contributed by atoms with Gasteiger partial charge in [-0.1, -0.05) is 24.3 Å². The maximum Gasteiger partial charge on any atom is 0.0701 e. The fourth-order valence-corrected chi connectivity index (χ4v) is 1.02. The Kier molecular flexibility index (Phi) is 5.39. The van der Waals surface area contributed by atoms with Crippen LogP contribution in [0.15, 0.2) is 42.6 Å². The van der Waals surface area contributed by atoms with Crippen LogP contribution in [0.5, 0.6) is 0 Å². The Labute approximate surface area is 95.9 Å². The zero-order valence-electron chi connectivity index (χ0n) is 7.49. The van der Waals surface area contributed by atoms with Crippen LogP contribution in [0, 0.1) is 0 Å². The summed E-state index contributed by atoms with van der Waals surface area (Å²) in [5.41, 5.74) is 1.06. The van der Waals surface area contributed by atoms with Gasteiger partial charge in [-0.25, -0.2) is 0 Å². The number of aromatic nitrogens is 1. The molecule has 3 heteroatoms. The van der Waals surface area contributed by atoms with E-state index in [2.05, 4.69) is 17.1 Å². The van der Waals surface area contributed by atoms with Crippen molar-refractivity contribution >= 4 is 48.6 Å². The van der Waals surface area contributed by atoms with Gasteiger partial charge in [-0.3, -0.25) is 4.98 Å². The average molecular weight is 143 g/mol. The third-order valence-electron chi connectivity index (χ3n) is 1.51. The van der Waals surface area contributed by atoms with Crippen molar-refractivity contribution < 1.29 is 0 Å². The third-order valence-corrected chi connectivity index (χ3v) is 1.51. The van der Waals surface area contributed by atoms with E-state index in [4.69, 9.17) is 0 Å². The SMILES string of the molecule is [Li].[Li].c1ccc2ncccc2c1. The molecular weight excluding hydrogens is 136 g/mol. The Hall–Kier alpha value is -0.175. The van der Waals surface area contributed by atoms with Crippen LogP contribution in [0.25, 0.3) is 10.9 Å². The second kappa shape index (κ2) is 5.47. The first-order valence-electron chi connectivity index (χ1n) is 3.26. The number of fused-ring (bicyclic) bond motifs is 1. The molecule has 0 spiro atoms. The Morgan fingerprint density at radius 2 is 1.50 bits per heavy atom. The average Bonchev–Trinajstić information content (AvgIpc) is 2.05. The first-order chi connectivity index (χ1) is 4.97. The van der Waals surface area contributed by atoms with Gasteiger partial charge in [0, 0.05) is 49.3 Å². The van der Waals surface area contributed by atoms with Crippen LogP contribution in [0.4, 0.5) is 0 Å². The molecule has 1 aromatic carbocycles. The second-order valence-electron chi connectivity index (χ2n) is 2.20. The first-order valence-corrected chi connectivity index (χ1v) is 3.26.